The summed E-state index contributed by atoms with van der Waals surface area (Å²) in [6.45, 7) is 2.22. The molecule has 1 aromatic carbocycles. The molecule has 126 valence electrons. The molecule has 0 bridgehead atoms. The molecule has 0 atom stereocenters. The highest BCUT2D eigenvalue weighted by atomic mass is 19.1. The van der Waals surface area contributed by atoms with Crippen molar-refractivity contribution in [3.63, 3.8) is 0 Å². The quantitative estimate of drug-likeness (QED) is 0.572. The Balaban J connectivity index is 1.48. The first-order valence-electron chi connectivity index (χ1n) is 9.65. The molecule has 2 aliphatic carbocycles. The highest BCUT2D eigenvalue weighted by molar-refractivity contribution is 5.25. The fourth-order valence-corrected chi connectivity index (χ4v) is 4.86. The van der Waals surface area contributed by atoms with Crippen molar-refractivity contribution in [3.8, 4) is 0 Å². The molecule has 0 spiro atoms. The summed E-state index contributed by atoms with van der Waals surface area (Å²) < 4.78 is 12.3. The number of hydrogen-bond donors (Lipinski definition) is 0. The second-order valence-corrected chi connectivity index (χ2v) is 7.70. The van der Waals surface area contributed by atoms with E-state index in [0.29, 0.717) is 5.92 Å². The van der Waals surface area contributed by atoms with Crippen LogP contribution in [0.4, 0.5) is 4.39 Å². The molecule has 23 heavy (non-hydrogen) atoms. The molecular weight excluding hydrogens is 283 g/mol. The summed E-state index contributed by atoms with van der Waals surface area (Å²) in [6, 6.07) is 9.33. The molecule has 0 amide bonds. The van der Waals surface area contributed by atoms with Gasteiger partial charge in [0.25, 0.3) is 0 Å². The van der Waals surface area contributed by atoms with E-state index >= 15 is 0 Å². The van der Waals surface area contributed by atoms with Crippen LogP contribution in [0.2, 0.25) is 0 Å². The molecule has 2 fully saturated rings. The maximum atomic E-state index is 12.3. The second-order valence-electron chi connectivity index (χ2n) is 7.70. The summed E-state index contributed by atoms with van der Waals surface area (Å²) in [5, 5.41) is 0. The molecule has 0 unspecified atom stereocenters. The Hall–Kier alpha value is -1.11. The van der Waals surface area contributed by atoms with Crippen molar-refractivity contribution in [1.82, 2.24) is 0 Å². The zero-order valence-electron chi connectivity index (χ0n) is 14.5. The highest BCUT2D eigenvalue weighted by Gasteiger charge is 2.30. The molecule has 0 aliphatic heterocycles. The molecule has 0 N–H and O–H groups in total. The van der Waals surface area contributed by atoms with E-state index in [4.69, 9.17) is 0 Å². The van der Waals surface area contributed by atoms with Gasteiger partial charge in [0.1, 0.15) is 0 Å². The van der Waals surface area contributed by atoms with Gasteiger partial charge in [0, 0.05) is 0 Å². The minimum atomic E-state index is 0.504. The van der Waals surface area contributed by atoms with Gasteiger partial charge in [-0.3, -0.25) is 0 Å². The number of hydrogen-bond acceptors (Lipinski definition) is 0. The van der Waals surface area contributed by atoms with Crippen molar-refractivity contribution in [3.05, 3.63) is 47.8 Å². The first-order chi connectivity index (χ1) is 11.3. The molecule has 2 aliphatic rings. The van der Waals surface area contributed by atoms with Crippen LogP contribution in [0.1, 0.15) is 75.3 Å². The molecule has 2 saturated carbocycles. The van der Waals surface area contributed by atoms with Crippen LogP contribution in [-0.4, -0.2) is 0 Å². The summed E-state index contributed by atoms with van der Waals surface area (Å²) in [6.07, 6.45) is 14.2. The zero-order chi connectivity index (χ0) is 16.1. The lowest BCUT2D eigenvalue weighted by molar-refractivity contribution is 0.171. The Morgan fingerprint density at radius 1 is 0.870 bits per heavy atom. The van der Waals surface area contributed by atoms with Gasteiger partial charge >= 0.3 is 0 Å². The van der Waals surface area contributed by atoms with Crippen molar-refractivity contribution in [2.45, 2.75) is 70.6 Å². The van der Waals surface area contributed by atoms with Crippen LogP contribution in [0.3, 0.4) is 0 Å². The first-order valence-corrected chi connectivity index (χ1v) is 9.65. The van der Waals surface area contributed by atoms with Gasteiger partial charge < -0.3 is 0 Å². The lowest BCUT2D eigenvalue weighted by Crippen LogP contribution is -2.25. The van der Waals surface area contributed by atoms with Gasteiger partial charge in [0.2, 0.25) is 0 Å². The maximum Gasteiger partial charge on any atom is 0.0829 e. The van der Waals surface area contributed by atoms with E-state index in [-0.39, 0.29) is 0 Å². The molecule has 0 nitrogen and oxygen atoms in total. The molecule has 0 radical (unpaired) electrons. The van der Waals surface area contributed by atoms with Crippen LogP contribution in [0, 0.1) is 17.8 Å². The van der Waals surface area contributed by atoms with Crippen LogP contribution >= 0.6 is 0 Å². The average Bonchev–Trinajstić information content (AvgIpc) is 2.63. The number of benzene rings is 1. The van der Waals surface area contributed by atoms with Crippen molar-refractivity contribution >= 4 is 0 Å². The maximum absolute atomic E-state index is 12.3. The third-order valence-electron chi connectivity index (χ3n) is 6.46. The van der Waals surface area contributed by atoms with Gasteiger partial charge in [-0.1, -0.05) is 37.3 Å². The molecule has 0 heterocycles. The van der Waals surface area contributed by atoms with Crippen LogP contribution in [-0.2, 0) is 6.42 Å². The smallest absolute Gasteiger partial charge is 0.0829 e. The summed E-state index contributed by atoms with van der Waals surface area (Å²) in [5.74, 6) is 3.12. The number of aryl methyl sites for hydroxylation is 1. The third kappa shape index (κ3) is 4.25. The topological polar surface area (TPSA) is 0 Å². The molecule has 0 saturated heterocycles. The van der Waals surface area contributed by atoms with Crippen LogP contribution in [0.25, 0.3) is 0 Å². The van der Waals surface area contributed by atoms with E-state index in [0.717, 1.165) is 30.5 Å². The van der Waals surface area contributed by atoms with E-state index in [2.05, 4.69) is 31.2 Å². The fourth-order valence-electron chi connectivity index (χ4n) is 4.86. The van der Waals surface area contributed by atoms with Crippen molar-refractivity contribution < 1.29 is 4.39 Å². The molecule has 1 heteroatoms. The lowest BCUT2D eigenvalue weighted by atomic mass is 9.68. The van der Waals surface area contributed by atoms with E-state index in [1.807, 2.05) is 0 Å². The van der Waals surface area contributed by atoms with Crippen molar-refractivity contribution in [2.75, 3.05) is 0 Å². The number of rotatable bonds is 4. The first kappa shape index (κ1) is 16.7. The average molecular weight is 314 g/mol. The largest absolute Gasteiger partial charge is 0.216 e. The summed E-state index contributed by atoms with van der Waals surface area (Å²) in [4.78, 5) is 0. The lowest BCUT2D eigenvalue weighted by Gasteiger charge is -2.37. The summed E-state index contributed by atoms with van der Waals surface area (Å²) in [7, 11) is 0. The van der Waals surface area contributed by atoms with Crippen LogP contribution in [0.5, 0.6) is 0 Å². The van der Waals surface area contributed by atoms with Gasteiger partial charge in [-0.15, -0.1) is 0 Å². The Morgan fingerprint density at radius 2 is 1.43 bits per heavy atom. The molecule has 0 aromatic heterocycles. The van der Waals surface area contributed by atoms with Gasteiger partial charge in [-0.2, -0.15) is 0 Å². The van der Waals surface area contributed by atoms with E-state index < -0.39 is 0 Å². The van der Waals surface area contributed by atoms with Gasteiger partial charge in [-0.05, 0) is 92.6 Å². The Labute approximate surface area is 141 Å². The third-order valence-corrected chi connectivity index (χ3v) is 6.46. The molecular formula is C22H31F. The predicted octanol–water partition coefficient (Wildman–Crippen LogP) is 6.81. The van der Waals surface area contributed by atoms with E-state index in [1.54, 1.807) is 11.6 Å². The minimum absolute atomic E-state index is 0.504. The van der Waals surface area contributed by atoms with Gasteiger partial charge in [0.05, 0.1) is 6.33 Å². The fraction of sp³-hybridized carbons (Fsp3) is 0.636. The van der Waals surface area contributed by atoms with Gasteiger partial charge in [-0.25, -0.2) is 4.39 Å². The van der Waals surface area contributed by atoms with Crippen LogP contribution < -0.4 is 0 Å². The summed E-state index contributed by atoms with van der Waals surface area (Å²) >= 11 is 0. The SMILES string of the molecule is CCc1ccc(C2CCC(C3CCC(C=CF)CC3)CC2)cc1. The summed E-state index contributed by atoms with van der Waals surface area (Å²) in [5.41, 5.74) is 3.00. The van der Waals surface area contributed by atoms with E-state index in [9.17, 15) is 4.39 Å². The van der Waals surface area contributed by atoms with Gasteiger partial charge in [0.15, 0.2) is 0 Å². The normalized spacial score (nSPS) is 32.3. The highest BCUT2D eigenvalue weighted by Crippen LogP contribution is 2.44. The Bertz CT molecular complexity index is 485. The monoisotopic (exact) mass is 314 g/mol. The van der Waals surface area contributed by atoms with Crippen molar-refractivity contribution in [2.24, 2.45) is 17.8 Å². The van der Waals surface area contributed by atoms with Crippen LogP contribution in [0.15, 0.2) is 36.7 Å². The minimum Gasteiger partial charge on any atom is -0.216 e. The predicted molar refractivity (Wildman–Crippen MR) is 96.2 cm³/mol. The number of halogens is 1. The molecule has 1 aromatic rings. The number of allylic oxidation sites excluding steroid dienone is 1. The Morgan fingerprint density at radius 3 is 1.96 bits per heavy atom. The van der Waals surface area contributed by atoms with E-state index in [1.165, 1.54) is 56.9 Å². The zero-order valence-corrected chi connectivity index (χ0v) is 14.5. The molecule has 3 rings (SSSR count). The Kier molecular flexibility index (Phi) is 5.91. The second kappa shape index (κ2) is 8.13. The van der Waals surface area contributed by atoms with Crippen molar-refractivity contribution in [1.29, 1.82) is 0 Å². The standard InChI is InChI=1S/C22H31F/c1-2-17-3-7-19(8-4-17)21-11-13-22(14-12-21)20-9-5-18(6-10-20)15-16-23/h3-4,7-8,15-16,18,20-22H,2,5-6,9-14H2,1H3.